The summed E-state index contributed by atoms with van der Waals surface area (Å²) in [4.78, 5) is 39.4. The minimum absolute atomic E-state index is 0.0177. The fourth-order valence-corrected chi connectivity index (χ4v) is 4.87. The highest BCUT2D eigenvalue weighted by molar-refractivity contribution is 5.93. The number of aryl methyl sites for hydroxylation is 1. The van der Waals surface area contributed by atoms with Crippen LogP contribution in [0.2, 0.25) is 0 Å². The normalized spacial score (nSPS) is 14.9. The summed E-state index contributed by atoms with van der Waals surface area (Å²) in [6.07, 6.45) is 1.06. The SMILES string of the molecule is COc1ccc2occ([C@@H]3CC(=O)Oc4cc(O)c5c(=O)cc(-c6ccc(O)c(C)c6)oc5c43)c(=O)c2c1. The van der Waals surface area contributed by atoms with Crippen molar-refractivity contribution >= 4 is 27.9 Å². The third-order valence-electron chi connectivity index (χ3n) is 6.79. The Morgan fingerprint density at radius 2 is 1.79 bits per heavy atom. The molecule has 9 heteroatoms. The Balaban J connectivity index is 1.65. The van der Waals surface area contributed by atoms with Gasteiger partial charge < -0.3 is 28.5 Å². The fourth-order valence-electron chi connectivity index (χ4n) is 4.87. The molecule has 0 aliphatic carbocycles. The molecule has 9 nitrogen and oxygen atoms in total. The van der Waals surface area contributed by atoms with Crippen LogP contribution >= 0.6 is 0 Å². The first-order valence-corrected chi connectivity index (χ1v) is 11.7. The number of rotatable bonds is 3. The van der Waals surface area contributed by atoms with E-state index >= 15 is 0 Å². The molecule has 0 fully saturated rings. The smallest absolute Gasteiger partial charge is 0.312 e. The maximum Gasteiger partial charge on any atom is 0.312 e. The molecular weight excluding hydrogens is 492 g/mol. The minimum atomic E-state index is -0.888. The van der Waals surface area contributed by atoms with E-state index in [1.54, 1.807) is 37.3 Å². The average molecular weight is 512 g/mol. The van der Waals surface area contributed by atoms with Gasteiger partial charge in [0.25, 0.3) is 0 Å². The summed E-state index contributed by atoms with van der Waals surface area (Å²) in [7, 11) is 1.48. The van der Waals surface area contributed by atoms with Crippen molar-refractivity contribution in [3.63, 3.8) is 0 Å². The van der Waals surface area contributed by atoms with Crippen molar-refractivity contribution in [2.45, 2.75) is 19.3 Å². The number of carbonyl (C=O) groups is 1. The molecule has 0 radical (unpaired) electrons. The van der Waals surface area contributed by atoms with Gasteiger partial charge in [0.05, 0.1) is 25.2 Å². The van der Waals surface area contributed by atoms with E-state index in [4.69, 9.17) is 18.3 Å². The number of fused-ring (bicyclic) bond motifs is 4. The standard InChI is InChI=1S/C29H20O9/c1-13-7-14(3-5-19(13)30)23-10-20(31)27-21(32)11-24-26(29(27)38-23)16(9-25(33)37-24)18-12-36-22-6-4-15(35-2)8-17(22)28(18)34/h3-8,10-12,16,30,32H,9H2,1-2H3/t16-/m0/s1. The molecule has 1 aliphatic heterocycles. The molecule has 5 aromatic rings. The lowest BCUT2D eigenvalue weighted by atomic mass is 9.85. The van der Waals surface area contributed by atoms with Gasteiger partial charge in [0.1, 0.15) is 45.3 Å². The van der Waals surface area contributed by atoms with Gasteiger partial charge in [0.15, 0.2) is 10.9 Å². The van der Waals surface area contributed by atoms with Crippen molar-refractivity contribution in [1.82, 2.24) is 0 Å². The summed E-state index contributed by atoms with van der Waals surface area (Å²) in [6, 6.07) is 12.0. The third-order valence-corrected chi connectivity index (χ3v) is 6.79. The van der Waals surface area contributed by atoms with Crippen LogP contribution in [0.1, 0.15) is 29.0 Å². The van der Waals surface area contributed by atoms with E-state index in [0.717, 1.165) is 0 Å². The van der Waals surface area contributed by atoms with Gasteiger partial charge in [-0.1, -0.05) is 0 Å². The van der Waals surface area contributed by atoms with Crippen molar-refractivity contribution in [1.29, 1.82) is 0 Å². The molecule has 3 heterocycles. The number of hydrogen-bond acceptors (Lipinski definition) is 9. The Morgan fingerprint density at radius 3 is 2.55 bits per heavy atom. The highest BCUT2D eigenvalue weighted by Gasteiger charge is 2.35. The first-order chi connectivity index (χ1) is 18.2. The number of phenolic OH excluding ortho intramolecular Hbond substituents is 2. The quantitative estimate of drug-likeness (QED) is 0.259. The second kappa shape index (κ2) is 8.52. The molecule has 0 saturated heterocycles. The number of hydrogen-bond donors (Lipinski definition) is 2. The molecule has 2 aromatic heterocycles. The predicted octanol–water partition coefficient (Wildman–Crippen LogP) is 4.74. The summed E-state index contributed by atoms with van der Waals surface area (Å²) < 4.78 is 22.6. The lowest BCUT2D eigenvalue weighted by molar-refractivity contribution is -0.135. The molecule has 0 bridgehead atoms. The molecule has 2 N–H and O–H groups in total. The molecule has 0 unspecified atom stereocenters. The Labute approximate surface area is 214 Å². The summed E-state index contributed by atoms with van der Waals surface area (Å²) in [5.41, 5.74) is 0.909. The van der Waals surface area contributed by atoms with Crippen LogP contribution in [-0.4, -0.2) is 23.3 Å². The lowest BCUT2D eigenvalue weighted by Gasteiger charge is -2.25. The van der Waals surface area contributed by atoms with E-state index < -0.39 is 23.1 Å². The number of aromatic hydroxyl groups is 2. The zero-order valence-corrected chi connectivity index (χ0v) is 20.2. The van der Waals surface area contributed by atoms with Crippen molar-refractivity contribution < 1.29 is 33.3 Å². The van der Waals surface area contributed by atoms with Crippen LogP contribution in [0.25, 0.3) is 33.3 Å². The molecule has 0 spiro atoms. The molecule has 1 atom stereocenters. The molecule has 0 saturated carbocycles. The van der Waals surface area contributed by atoms with Gasteiger partial charge in [0, 0.05) is 34.7 Å². The average Bonchev–Trinajstić information content (AvgIpc) is 2.89. The van der Waals surface area contributed by atoms with Gasteiger partial charge in [-0.25, -0.2) is 0 Å². The topological polar surface area (TPSA) is 136 Å². The van der Waals surface area contributed by atoms with Gasteiger partial charge in [0.2, 0.25) is 0 Å². The van der Waals surface area contributed by atoms with Crippen molar-refractivity contribution in [3.05, 3.63) is 91.9 Å². The molecule has 38 heavy (non-hydrogen) atoms. The minimum Gasteiger partial charge on any atom is -0.508 e. The first kappa shape index (κ1) is 23.4. The zero-order valence-electron chi connectivity index (χ0n) is 20.2. The van der Waals surface area contributed by atoms with E-state index in [1.807, 2.05) is 0 Å². The Hall–Kier alpha value is -5.05. The summed E-state index contributed by atoms with van der Waals surface area (Å²) in [5, 5.41) is 20.7. The number of carbonyl (C=O) groups excluding carboxylic acids is 1. The molecular formula is C29H20O9. The van der Waals surface area contributed by atoms with Crippen LogP contribution in [0.15, 0.2) is 73.2 Å². The maximum absolute atomic E-state index is 13.6. The predicted molar refractivity (Wildman–Crippen MR) is 137 cm³/mol. The summed E-state index contributed by atoms with van der Waals surface area (Å²) in [6.45, 7) is 1.70. The van der Waals surface area contributed by atoms with Crippen molar-refractivity contribution in [3.8, 4) is 34.3 Å². The largest absolute Gasteiger partial charge is 0.508 e. The molecule has 6 rings (SSSR count). The van der Waals surface area contributed by atoms with E-state index in [1.165, 1.54) is 31.6 Å². The van der Waals surface area contributed by atoms with E-state index in [2.05, 4.69) is 0 Å². The Bertz CT molecular complexity index is 1910. The van der Waals surface area contributed by atoms with Gasteiger partial charge in [-0.2, -0.15) is 0 Å². The van der Waals surface area contributed by atoms with Crippen LogP contribution in [0.5, 0.6) is 23.0 Å². The van der Waals surface area contributed by atoms with Crippen LogP contribution in [0, 0.1) is 6.92 Å². The first-order valence-electron chi connectivity index (χ1n) is 11.7. The summed E-state index contributed by atoms with van der Waals surface area (Å²) >= 11 is 0. The maximum atomic E-state index is 13.6. The van der Waals surface area contributed by atoms with Crippen LogP contribution in [0.4, 0.5) is 0 Å². The highest BCUT2D eigenvalue weighted by Crippen LogP contribution is 2.45. The third kappa shape index (κ3) is 3.59. The monoisotopic (exact) mass is 512 g/mol. The number of methoxy groups -OCH3 is 1. The van der Waals surface area contributed by atoms with E-state index in [0.29, 0.717) is 22.5 Å². The van der Waals surface area contributed by atoms with Crippen molar-refractivity contribution in [2.24, 2.45) is 0 Å². The van der Waals surface area contributed by atoms with E-state index in [9.17, 15) is 24.6 Å². The van der Waals surface area contributed by atoms with Gasteiger partial charge in [-0.05, 0) is 48.9 Å². The van der Waals surface area contributed by atoms with Gasteiger partial charge in [-0.3, -0.25) is 14.4 Å². The van der Waals surface area contributed by atoms with Crippen LogP contribution in [0.3, 0.4) is 0 Å². The zero-order chi connectivity index (χ0) is 26.7. The Kier molecular flexibility index (Phi) is 5.23. The highest BCUT2D eigenvalue weighted by atomic mass is 16.5. The molecule has 3 aromatic carbocycles. The number of esters is 1. The second-order valence-electron chi connectivity index (χ2n) is 9.10. The van der Waals surface area contributed by atoms with E-state index in [-0.39, 0.29) is 56.6 Å². The fraction of sp³-hybridized carbons (Fsp3) is 0.138. The molecule has 190 valence electrons. The number of phenols is 2. The van der Waals surface area contributed by atoms with Crippen LogP contribution in [-0.2, 0) is 4.79 Å². The second-order valence-corrected chi connectivity index (χ2v) is 9.10. The van der Waals surface area contributed by atoms with Gasteiger partial charge in [-0.15, -0.1) is 0 Å². The van der Waals surface area contributed by atoms with Gasteiger partial charge >= 0.3 is 5.97 Å². The summed E-state index contributed by atoms with van der Waals surface area (Å²) in [5.74, 6) is -1.25. The molecule has 1 aliphatic rings. The number of ether oxygens (including phenoxy) is 2. The van der Waals surface area contributed by atoms with Crippen LogP contribution < -0.4 is 20.3 Å². The molecule has 0 amide bonds. The number of benzene rings is 3. The lowest BCUT2D eigenvalue weighted by Crippen LogP contribution is -2.25. The Morgan fingerprint density at radius 1 is 0.974 bits per heavy atom. The van der Waals surface area contributed by atoms with Crippen molar-refractivity contribution in [2.75, 3.05) is 7.11 Å².